The van der Waals surface area contributed by atoms with Crippen molar-refractivity contribution < 1.29 is 19.1 Å². The number of carbonyl (C=O) groups is 2. The summed E-state index contributed by atoms with van der Waals surface area (Å²) in [6, 6.07) is 9.70. The normalized spacial score (nSPS) is 13.7. The lowest BCUT2D eigenvalue weighted by molar-refractivity contribution is -0.132. The summed E-state index contributed by atoms with van der Waals surface area (Å²) in [7, 11) is 0. The number of aryl methyl sites for hydroxylation is 2. The van der Waals surface area contributed by atoms with Gasteiger partial charge in [0.05, 0.1) is 24.7 Å². The number of hydrogen-bond donors (Lipinski definition) is 1. The average molecular weight is 430 g/mol. The van der Waals surface area contributed by atoms with Crippen LogP contribution in [0.25, 0.3) is 0 Å². The van der Waals surface area contributed by atoms with E-state index in [0.29, 0.717) is 44.5 Å². The van der Waals surface area contributed by atoms with Gasteiger partial charge in [0, 0.05) is 31.9 Å². The summed E-state index contributed by atoms with van der Waals surface area (Å²) in [5, 5.41) is 2.85. The molecule has 1 saturated heterocycles. The molecule has 8 heteroatoms. The number of carbonyl (C=O) groups excluding carboxylic acids is 2. The third-order valence-electron chi connectivity index (χ3n) is 4.67. The predicted molar refractivity (Wildman–Crippen MR) is 117 cm³/mol. The maximum absolute atomic E-state index is 12.1. The third-order valence-corrected chi connectivity index (χ3v) is 5.59. The summed E-state index contributed by atoms with van der Waals surface area (Å²) >= 11 is 1.32. The zero-order valence-electron chi connectivity index (χ0n) is 17.3. The van der Waals surface area contributed by atoms with Crippen molar-refractivity contribution in [3.63, 3.8) is 0 Å². The molecule has 1 aliphatic heterocycles. The van der Waals surface area contributed by atoms with Gasteiger partial charge < -0.3 is 19.7 Å². The third kappa shape index (κ3) is 6.74. The number of thioether (sulfide) groups is 1. The van der Waals surface area contributed by atoms with Gasteiger partial charge in [0.25, 0.3) is 0 Å². The molecule has 1 fully saturated rings. The van der Waals surface area contributed by atoms with E-state index < -0.39 is 0 Å². The monoisotopic (exact) mass is 429 g/mol. The molecule has 0 radical (unpaired) electrons. The molecular weight excluding hydrogens is 402 g/mol. The first-order valence-electron chi connectivity index (χ1n) is 9.91. The van der Waals surface area contributed by atoms with Gasteiger partial charge in [-0.25, -0.2) is 4.98 Å². The number of benzene rings is 1. The maximum atomic E-state index is 12.1. The lowest BCUT2D eigenvalue weighted by Crippen LogP contribution is -2.41. The quantitative estimate of drug-likeness (QED) is 0.695. The molecule has 30 heavy (non-hydrogen) atoms. The Morgan fingerprint density at radius 2 is 1.97 bits per heavy atom. The number of amides is 2. The summed E-state index contributed by atoms with van der Waals surface area (Å²) in [4.78, 5) is 30.2. The first-order chi connectivity index (χ1) is 14.5. The predicted octanol–water partition coefficient (Wildman–Crippen LogP) is 2.70. The van der Waals surface area contributed by atoms with Gasteiger partial charge in [-0.2, -0.15) is 0 Å². The molecule has 0 saturated carbocycles. The summed E-state index contributed by atoms with van der Waals surface area (Å²) in [6.45, 7) is 6.81. The van der Waals surface area contributed by atoms with Crippen LogP contribution in [-0.4, -0.2) is 59.5 Å². The summed E-state index contributed by atoms with van der Waals surface area (Å²) < 4.78 is 11.1. The largest absolute Gasteiger partial charge is 0.439 e. The van der Waals surface area contributed by atoms with Crippen LogP contribution in [0.2, 0.25) is 0 Å². The van der Waals surface area contributed by atoms with E-state index in [1.165, 1.54) is 11.8 Å². The highest BCUT2D eigenvalue weighted by atomic mass is 32.2. The van der Waals surface area contributed by atoms with Gasteiger partial charge in [0.2, 0.25) is 17.7 Å². The molecule has 0 spiro atoms. The Bertz CT molecular complexity index is 867. The second kappa shape index (κ2) is 11.0. The molecule has 2 heterocycles. The maximum Gasteiger partial charge on any atom is 0.232 e. The smallest absolute Gasteiger partial charge is 0.232 e. The summed E-state index contributed by atoms with van der Waals surface area (Å²) in [5.41, 5.74) is 3.05. The second-order valence-corrected chi connectivity index (χ2v) is 8.12. The Kier molecular flexibility index (Phi) is 8.10. The SMILES string of the molecule is Cc1ccc(C)c(Oc2ccc(CNC(=O)CSCC(=O)N3CCOCC3)cn2)c1. The minimum atomic E-state index is -0.106. The van der Waals surface area contributed by atoms with E-state index >= 15 is 0 Å². The van der Waals surface area contributed by atoms with Gasteiger partial charge in [-0.3, -0.25) is 9.59 Å². The van der Waals surface area contributed by atoms with E-state index in [-0.39, 0.29) is 17.6 Å². The van der Waals surface area contributed by atoms with Crippen LogP contribution in [0.4, 0.5) is 0 Å². The van der Waals surface area contributed by atoms with Crippen molar-refractivity contribution in [1.29, 1.82) is 0 Å². The number of pyridine rings is 1. The number of nitrogens with zero attached hydrogens (tertiary/aromatic N) is 2. The van der Waals surface area contributed by atoms with E-state index in [1.54, 1.807) is 17.2 Å². The van der Waals surface area contributed by atoms with Crippen molar-refractivity contribution in [2.24, 2.45) is 0 Å². The number of morpholine rings is 1. The lowest BCUT2D eigenvalue weighted by atomic mass is 10.1. The van der Waals surface area contributed by atoms with Crippen LogP contribution >= 0.6 is 11.8 Å². The van der Waals surface area contributed by atoms with Crippen LogP contribution in [-0.2, 0) is 20.9 Å². The zero-order valence-corrected chi connectivity index (χ0v) is 18.2. The Morgan fingerprint density at radius 1 is 1.17 bits per heavy atom. The molecule has 2 amide bonds. The van der Waals surface area contributed by atoms with Crippen LogP contribution in [0, 0.1) is 13.8 Å². The van der Waals surface area contributed by atoms with E-state index in [9.17, 15) is 9.59 Å². The molecule has 3 rings (SSSR count). The highest BCUT2D eigenvalue weighted by Gasteiger charge is 2.16. The molecule has 2 aromatic rings. The Labute approximate surface area is 181 Å². The van der Waals surface area contributed by atoms with Gasteiger partial charge in [0.15, 0.2) is 0 Å². The number of nitrogens with one attached hydrogen (secondary N) is 1. The molecule has 0 bridgehead atoms. The molecule has 1 aliphatic rings. The second-order valence-electron chi connectivity index (χ2n) is 7.14. The summed E-state index contributed by atoms with van der Waals surface area (Å²) in [6.07, 6.45) is 1.69. The van der Waals surface area contributed by atoms with Crippen molar-refractivity contribution in [1.82, 2.24) is 15.2 Å². The number of rotatable bonds is 8. The van der Waals surface area contributed by atoms with Crippen molar-refractivity contribution in [3.05, 3.63) is 53.2 Å². The average Bonchev–Trinajstić information content (AvgIpc) is 2.76. The highest BCUT2D eigenvalue weighted by Crippen LogP contribution is 2.24. The lowest BCUT2D eigenvalue weighted by Gasteiger charge is -2.26. The van der Waals surface area contributed by atoms with Crippen LogP contribution in [0.15, 0.2) is 36.5 Å². The zero-order chi connectivity index (χ0) is 21.3. The number of hydrogen-bond acceptors (Lipinski definition) is 6. The fourth-order valence-corrected chi connectivity index (χ4v) is 3.64. The van der Waals surface area contributed by atoms with Crippen LogP contribution in [0.1, 0.15) is 16.7 Å². The molecule has 1 aromatic heterocycles. The van der Waals surface area contributed by atoms with E-state index in [1.807, 2.05) is 38.1 Å². The standard InChI is InChI=1S/C22H27N3O4S/c1-16-3-4-17(2)19(11-16)29-21-6-5-18(13-24-21)12-23-20(26)14-30-15-22(27)25-7-9-28-10-8-25/h3-6,11,13H,7-10,12,14-15H2,1-2H3,(H,23,26). The molecule has 0 aliphatic carbocycles. The minimum absolute atomic E-state index is 0.0553. The van der Waals surface area contributed by atoms with Crippen molar-refractivity contribution in [3.8, 4) is 11.6 Å². The van der Waals surface area contributed by atoms with Gasteiger partial charge in [-0.15, -0.1) is 11.8 Å². The van der Waals surface area contributed by atoms with Gasteiger partial charge in [-0.05, 0) is 36.6 Å². The van der Waals surface area contributed by atoms with E-state index in [2.05, 4.69) is 10.3 Å². The van der Waals surface area contributed by atoms with Crippen molar-refractivity contribution >= 4 is 23.6 Å². The van der Waals surface area contributed by atoms with Crippen molar-refractivity contribution in [2.75, 3.05) is 37.8 Å². The summed E-state index contributed by atoms with van der Waals surface area (Å²) in [5.74, 6) is 1.80. The molecule has 1 N–H and O–H groups in total. The van der Waals surface area contributed by atoms with Gasteiger partial charge in [0.1, 0.15) is 5.75 Å². The molecule has 0 unspecified atom stereocenters. The minimum Gasteiger partial charge on any atom is -0.439 e. The van der Waals surface area contributed by atoms with Crippen LogP contribution < -0.4 is 10.1 Å². The van der Waals surface area contributed by atoms with Crippen LogP contribution in [0.5, 0.6) is 11.6 Å². The number of ether oxygens (including phenoxy) is 2. The molecule has 160 valence electrons. The van der Waals surface area contributed by atoms with Gasteiger partial charge in [-0.1, -0.05) is 18.2 Å². The van der Waals surface area contributed by atoms with Crippen molar-refractivity contribution in [2.45, 2.75) is 20.4 Å². The van der Waals surface area contributed by atoms with Crippen LogP contribution in [0.3, 0.4) is 0 Å². The molecule has 7 nitrogen and oxygen atoms in total. The molecule has 1 aromatic carbocycles. The molecule has 0 atom stereocenters. The topological polar surface area (TPSA) is 80.8 Å². The first kappa shape index (κ1) is 22.1. The first-order valence-corrected chi connectivity index (χ1v) is 11.1. The molecular formula is C22H27N3O4S. The van der Waals surface area contributed by atoms with E-state index in [4.69, 9.17) is 9.47 Å². The number of aromatic nitrogens is 1. The fraction of sp³-hybridized carbons (Fsp3) is 0.409. The fourth-order valence-electron chi connectivity index (χ4n) is 2.89. The van der Waals surface area contributed by atoms with Gasteiger partial charge >= 0.3 is 0 Å². The highest BCUT2D eigenvalue weighted by molar-refractivity contribution is 8.00. The Hall–Kier alpha value is -2.58. The Balaban J connectivity index is 1.38. The Morgan fingerprint density at radius 3 is 2.70 bits per heavy atom. The van der Waals surface area contributed by atoms with E-state index in [0.717, 1.165) is 22.4 Å².